The molecule has 1 aliphatic rings. The highest BCUT2D eigenvalue weighted by atomic mass is 16.6. The topological polar surface area (TPSA) is 70.7 Å². The number of nitrogens with one attached hydrogen (secondary N) is 2. The number of carbonyl (C=O) groups excluding carboxylic acids is 2. The third-order valence-electron chi connectivity index (χ3n) is 3.86. The first-order valence-electron chi connectivity index (χ1n) is 8.87. The molecule has 1 aromatic carbocycles. The Morgan fingerprint density at radius 1 is 1.24 bits per heavy atom. The van der Waals surface area contributed by atoms with Crippen LogP contribution in [0.25, 0.3) is 0 Å². The molecule has 2 N–H and O–H groups in total. The monoisotopic (exact) mass is 347 g/mol. The lowest BCUT2D eigenvalue weighted by atomic mass is 10.2. The Labute approximate surface area is 149 Å². The Kier molecular flexibility index (Phi) is 6.28. The fourth-order valence-electron chi connectivity index (χ4n) is 2.81. The summed E-state index contributed by atoms with van der Waals surface area (Å²) in [5.74, 6) is -0.137. The highest BCUT2D eigenvalue weighted by Crippen LogP contribution is 2.23. The van der Waals surface area contributed by atoms with Crippen molar-refractivity contribution in [3.05, 3.63) is 24.3 Å². The van der Waals surface area contributed by atoms with Gasteiger partial charge in [0.05, 0.1) is 0 Å². The SMILES string of the molecule is CC(CC(=O)Nc1cccc(N2CCCC2)c1)NC(=O)OC(C)(C)C. The van der Waals surface area contributed by atoms with Gasteiger partial charge in [0.2, 0.25) is 5.91 Å². The van der Waals surface area contributed by atoms with Crippen molar-refractivity contribution >= 4 is 23.4 Å². The highest BCUT2D eigenvalue weighted by molar-refractivity contribution is 5.91. The zero-order chi connectivity index (χ0) is 18.4. The van der Waals surface area contributed by atoms with Gasteiger partial charge < -0.3 is 20.3 Å². The second kappa shape index (κ2) is 8.23. The molecule has 1 aliphatic heterocycles. The van der Waals surface area contributed by atoms with E-state index in [1.54, 1.807) is 27.7 Å². The summed E-state index contributed by atoms with van der Waals surface area (Å²) in [6.45, 7) is 9.32. The second-order valence-corrected chi connectivity index (χ2v) is 7.54. The summed E-state index contributed by atoms with van der Waals surface area (Å²) in [6.07, 6.45) is 2.10. The van der Waals surface area contributed by atoms with Gasteiger partial charge in [-0.05, 0) is 58.7 Å². The third-order valence-corrected chi connectivity index (χ3v) is 3.86. The summed E-state index contributed by atoms with van der Waals surface area (Å²) in [5.41, 5.74) is 1.36. The van der Waals surface area contributed by atoms with Gasteiger partial charge in [0.1, 0.15) is 5.60 Å². The van der Waals surface area contributed by atoms with E-state index in [9.17, 15) is 9.59 Å². The second-order valence-electron chi connectivity index (χ2n) is 7.54. The standard InChI is InChI=1S/C19H29N3O3/c1-14(20-18(24)25-19(2,3)4)12-17(23)21-15-8-7-9-16(13-15)22-10-5-6-11-22/h7-9,13-14H,5-6,10-12H2,1-4H3,(H,20,24)(H,21,23). The lowest BCUT2D eigenvalue weighted by Crippen LogP contribution is -2.39. The van der Waals surface area contributed by atoms with Crippen LogP contribution in [0, 0.1) is 0 Å². The van der Waals surface area contributed by atoms with E-state index in [4.69, 9.17) is 4.74 Å². The van der Waals surface area contributed by atoms with Crippen molar-refractivity contribution in [3.8, 4) is 0 Å². The maximum absolute atomic E-state index is 12.2. The van der Waals surface area contributed by atoms with Gasteiger partial charge in [0, 0.05) is 36.9 Å². The van der Waals surface area contributed by atoms with Gasteiger partial charge in [0.15, 0.2) is 0 Å². The van der Waals surface area contributed by atoms with Crippen LogP contribution in [0.3, 0.4) is 0 Å². The molecule has 1 fully saturated rings. The molecule has 138 valence electrons. The average molecular weight is 347 g/mol. The van der Waals surface area contributed by atoms with Crippen LogP contribution >= 0.6 is 0 Å². The molecule has 1 saturated heterocycles. The maximum atomic E-state index is 12.2. The Bertz CT molecular complexity index is 604. The zero-order valence-electron chi connectivity index (χ0n) is 15.6. The number of amides is 2. The van der Waals surface area contributed by atoms with Crippen molar-refractivity contribution in [1.82, 2.24) is 5.32 Å². The van der Waals surface area contributed by atoms with Crippen molar-refractivity contribution in [2.24, 2.45) is 0 Å². The number of carbonyl (C=O) groups is 2. The van der Waals surface area contributed by atoms with Crippen LogP contribution in [-0.4, -0.2) is 36.7 Å². The minimum Gasteiger partial charge on any atom is -0.444 e. The van der Waals surface area contributed by atoms with Crippen LogP contribution in [-0.2, 0) is 9.53 Å². The molecule has 25 heavy (non-hydrogen) atoms. The Morgan fingerprint density at radius 2 is 1.92 bits per heavy atom. The van der Waals surface area contributed by atoms with E-state index in [0.29, 0.717) is 0 Å². The van der Waals surface area contributed by atoms with E-state index >= 15 is 0 Å². The third kappa shape index (κ3) is 6.64. The smallest absolute Gasteiger partial charge is 0.407 e. The first kappa shape index (κ1) is 19.1. The van der Waals surface area contributed by atoms with Crippen molar-refractivity contribution in [2.75, 3.05) is 23.3 Å². The van der Waals surface area contributed by atoms with Gasteiger partial charge in [-0.25, -0.2) is 4.79 Å². The molecule has 6 heteroatoms. The minimum atomic E-state index is -0.553. The number of hydrogen-bond acceptors (Lipinski definition) is 4. The first-order chi connectivity index (χ1) is 11.7. The predicted molar refractivity (Wildman–Crippen MR) is 100.0 cm³/mol. The molecule has 0 radical (unpaired) electrons. The molecule has 1 atom stereocenters. The molecular formula is C19H29N3O3. The highest BCUT2D eigenvalue weighted by Gasteiger charge is 2.19. The Balaban J connectivity index is 1.83. The van der Waals surface area contributed by atoms with Gasteiger partial charge >= 0.3 is 6.09 Å². The van der Waals surface area contributed by atoms with Crippen LogP contribution in [0.5, 0.6) is 0 Å². The summed E-state index contributed by atoms with van der Waals surface area (Å²) in [4.78, 5) is 26.3. The summed E-state index contributed by atoms with van der Waals surface area (Å²) < 4.78 is 5.19. The summed E-state index contributed by atoms with van der Waals surface area (Å²) in [6, 6.07) is 7.58. The number of benzene rings is 1. The molecule has 0 saturated carbocycles. The predicted octanol–water partition coefficient (Wildman–Crippen LogP) is 3.53. The first-order valence-corrected chi connectivity index (χ1v) is 8.87. The van der Waals surface area contributed by atoms with E-state index in [-0.39, 0.29) is 18.4 Å². The number of ether oxygens (including phenoxy) is 1. The fourth-order valence-corrected chi connectivity index (χ4v) is 2.81. The molecular weight excluding hydrogens is 318 g/mol. The fraction of sp³-hybridized carbons (Fsp3) is 0.579. The van der Waals surface area contributed by atoms with Crippen molar-refractivity contribution in [2.45, 2.75) is 58.6 Å². The van der Waals surface area contributed by atoms with Crippen LogP contribution in [0.1, 0.15) is 47.0 Å². The molecule has 1 unspecified atom stereocenters. The number of rotatable bonds is 5. The molecule has 0 aliphatic carbocycles. The largest absolute Gasteiger partial charge is 0.444 e. The molecule has 1 heterocycles. The van der Waals surface area contributed by atoms with Gasteiger partial charge in [-0.1, -0.05) is 6.07 Å². The van der Waals surface area contributed by atoms with Crippen LogP contribution < -0.4 is 15.5 Å². The van der Waals surface area contributed by atoms with Crippen molar-refractivity contribution < 1.29 is 14.3 Å². The van der Waals surface area contributed by atoms with Crippen LogP contribution in [0.15, 0.2) is 24.3 Å². The summed E-state index contributed by atoms with van der Waals surface area (Å²) in [7, 11) is 0. The van der Waals surface area contributed by atoms with E-state index in [1.165, 1.54) is 12.8 Å². The normalized spacial score (nSPS) is 15.6. The summed E-state index contributed by atoms with van der Waals surface area (Å²) >= 11 is 0. The van der Waals surface area contributed by atoms with Crippen LogP contribution in [0.4, 0.5) is 16.2 Å². The zero-order valence-corrected chi connectivity index (χ0v) is 15.6. The lowest BCUT2D eigenvalue weighted by Gasteiger charge is -2.22. The Morgan fingerprint density at radius 3 is 2.56 bits per heavy atom. The molecule has 0 bridgehead atoms. The van der Waals surface area contributed by atoms with E-state index in [2.05, 4.69) is 21.6 Å². The van der Waals surface area contributed by atoms with E-state index in [1.807, 2.05) is 18.2 Å². The quantitative estimate of drug-likeness (QED) is 0.855. The average Bonchev–Trinajstić information content (AvgIpc) is 2.98. The molecule has 2 rings (SSSR count). The minimum absolute atomic E-state index is 0.137. The number of nitrogens with zero attached hydrogens (tertiary/aromatic N) is 1. The number of alkyl carbamates (subject to hydrolysis) is 1. The lowest BCUT2D eigenvalue weighted by molar-refractivity contribution is -0.116. The van der Waals surface area contributed by atoms with Crippen LogP contribution in [0.2, 0.25) is 0 Å². The van der Waals surface area contributed by atoms with Gasteiger partial charge in [-0.15, -0.1) is 0 Å². The molecule has 1 aromatic rings. The molecule has 0 aromatic heterocycles. The Hall–Kier alpha value is -2.24. The van der Waals surface area contributed by atoms with Gasteiger partial charge in [-0.3, -0.25) is 4.79 Å². The van der Waals surface area contributed by atoms with Gasteiger partial charge in [-0.2, -0.15) is 0 Å². The summed E-state index contributed by atoms with van der Waals surface area (Å²) in [5, 5.41) is 5.58. The molecule has 0 spiro atoms. The molecule has 6 nitrogen and oxygen atoms in total. The molecule has 2 amide bonds. The maximum Gasteiger partial charge on any atom is 0.407 e. The van der Waals surface area contributed by atoms with Gasteiger partial charge in [0.25, 0.3) is 0 Å². The number of anilines is 2. The van der Waals surface area contributed by atoms with E-state index < -0.39 is 11.7 Å². The number of hydrogen-bond donors (Lipinski definition) is 2. The van der Waals surface area contributed by atoms with Crippen molar-refractivity contribution in [1.29, 1.82) is 0 Å². The van der Waals surface area contributed by atoms with Crippen molar-refractivity contribution in [3.63, 3.8) is 0 Å². The van der Waals surface area contributed by atoms with E-state index in [0.717, 1.165) is 24.5 Å².